The highest BCUT2D eigenvalue weighted by Crippen LogP contribution is 2.31. The van der Waals surface area contributed by atoms with E-state index >= 15 is 0 Å². The molecule has 0 aliphatic carbocycles. The number of benzene rings is 4. The molecular weight excluding hydrogens is 693 g/mol. The molecule has 4 aromatic carbocycles. The lowest BCUT2D eigenvalue weighted by molar-refractivity contribution is -0.384. The van der Waals surface area contributed by atoms with Crippen LogP contribution in [0.2, 0.25) is 10.0 Å². The fourth-order valence-corrected chi connectivity index (χ4v) is 6.09. The van der Waals surface area contributed by atoms with Gasteiger partial charge in [-0.2, -0.15) is 0 Å². The third kappa shape index (κ3) is 9.07. The van der Waals surface area contributed by atoms with Gasteiger partial charge in [-0.25, -0.2) is 4.98 Å². The fourth-order valence-electron chi connectivity index (χ4n) is 4.20. The maximum absolute atomic E-state index is 13.3. The Morgan fingerprint density at radius 2 is 1.62 bits per heavy atom. The number of amides is 3. The Balaban J connectivity index is 1.22. The van der Waals surface area contributed by atoms with Crippen LogP contribution in [0, 0.1) is 10.1 Å². The highest BCUT2D eigenvalue weighted by molar-refractivity contribution is 8.00. The predicted molar refractivity (Wildman–Crippen MR) is 192 cm³/mol. The van der Waals surface area contributed by atoms with Crippen molar-refractivity contribution in [2.45, 2.75) is 17.1 Å². The van der Waals surface area contributed by atoms with Gasteiger partial charge in [0.25, 0.3) is 17.5 Å². The van der Waals surface area contributed by atoms with E-state index in [1.807, 2.05) is 5.38 Å². The summed E-state index contributed by atoms with van der Waals surface area (Å²) in [5, 5.41) is 21.9. The summed E-state index contributed by atoms with van der Waals surface area (Å²) in [6.07, 6.45) is 1.43. The molecule has 0 saturated heterocycles. The number of hydrogen-bond acceptors (Lipinski definition) is 8. The molecule has 0 radical (unpaired) electrons. The maximum Gasteiger partial charge on any atom is 0.272 e. The van der Waals surface area contributed by atoms with Gasteiger partial charge in [0, 0.05) is 39.2 Å². The molecular formula is C34H25Cl2N5O5S2. The number of anilines is 2. The summed E-state index contributed by atoms with van der Waals surface area (Å²) in [5.74, 6) is -1.33. The van der Waals surface area contributed by atoms with Crippen LogP contribution in [0.25, 0.3) is 17.3 Å². The second kappa shape index (κ2) is 15.7. The number of aromatic nitrogens is 1. The van der Waals surface area contributed by atoms with Crippen LogP contribution in [0.5, 0.6) is 0 Å². The van der Waals surface area contributed by atoms with Crippen molar-refractivity contribution in [2.24, 2.45) is 0 Å². The summed E-state index contributed by atoms with van der Waals surface area (Å²) in [6.45, 7) is 1.77. The van der Waals surface area contributed by atoms with Gasteiger partial charge in [0.15, 0.2) is 5.13 Å². The number of nitro benzene ring substituents is 1. The van der Waals surface area contributed by atoms with Gasteiger partial charge < -0.3 is 16.0 Å². The Labute approximate surface area is 293 Å². The number of rotatable bonds is 11. The van der Waals surface area contributed by atoms with E-state index in [0.29, 0.717) is 37.7 Å². The van der Waals surface area contributed by atoms with E-state index in [2.05, 4.69) is 20.9 Å². The van der Waals surface area contributed by atoms with E-state index in [0.717, 1.165) is 10.5 Å². The quantitative estimate of drug-likeness (QED) is 0.0538. The molecule has 1 aromatic heterocycles. The van der Waals surface area contributed by atoms with Crippen molar-refractivity contribution in [3.63, 3.8) is 0 Å². The van der Waals surface area contributed by atoms with Crippen molar-refractivity contribution in [3.05, 3.63) is 139 Å². The average Bonchev–Trinajstić information content (AvgIpc) is 3.55. The zero-order valence-corrected chi connectivity index (χ0v) is 28.1. The predicted octanol–water partition coefficient (Wildman–Crippen LogP) is 8.55. The van der Waals surface area contributed by atoms with Gasteiger partial charge in [0.1, 0.15) is 5.70 Å². The third-order valence-corrected chi connectivity index (χ3v) is 9.30. The van der Waals surface area contributed by atoms with Crippen LogP contribution >= 0.6 is 46.3 Å². The summed E-state index contributed by atoms with van der Waals surface area (Å²) in [4.78, 5) is 54.9. The van der Waals surface area contributed by atoms with Crippen molar-refractivity contribution in [1.82, 2.24) is 10.3 Å². The minimum Gasteiger partial charge on any atom is -0.321 e. The van der Waals surface area contributed by atoms with Gasteiger partial charge in [-0.1, -0.05) is 47.5 Å². The molecule has 1 unspecified atom stereocenters. The number of nitrogens with zero attached hydrogens (tertiary/aromatic N) is 2. The van der Waals surface area contributed by atoms with Gasteiger partial charge >= 0.3 is 0 Å². The first-order valence-corrected chi connectivity index (χ1v) is 16.7. The first-order chi connectivity index (χ1) is 23.0. The highest BCUT2D eigenvalue weighted by Gasteiger charge is 2.18. The number of hydrogen-bond donors (Lipinski definition) is 3. The molecule has 242 valence electrons. The topological polar surface area (TPSA) is 143 Å². The van der Waals surface area contributed by atoms with E-state index in [1.165, 1.54) is 53.4 Å². The van der Waals surface area contributed by atoms with E-state index in [1.54, 1.807) is 79.7 Å². The standard InChI is InChI=1S/C34H25Cl2N5O5S2/c1-20(31(42)40-34-39-30(19-47-34)23-9-16-27(35)28(36)18-23)48-26-14-10-24(11-15-26)37-33(44)29(38-32(43)22-5-3-2-4-6-22)17-21-7-12-25(13-8-21)41(45)46/h2-20H,1H3,(H,37,44)(H,38,43)(H,39,40,42)/b29-17-. The van der Waals surface area contributed by atoms with Crippen LogP contribution in [0.4, 0.5) is 16.5 Å². The van der Waals surface area contributed by atoms with Crippen molar-refractivity contribution >= 4 is 86.6 Å². The van der Waals surface area contributed by atoms with Crippen LogP contribution in [-0.2, 0) is 9.59 Å². The molecule has 10 nitrogen and oxygen atoms in total. The van der Waals surface area contributed by atoms with Gasteiger partial charge in [-0.15, -0.1) is 23.1 Å². The number of carbonyl (C=O) groups excluding carboxylic acids is 3. The summed E-state index contributed by atoms with van der Waals surface area (Å²) in [6, 6.07) is 26.1. The van der Waals surface area contributed by atoms with E-state index in [-0.39, 0.29) is 17.3 Å². The molecule has 0 spiro atoms. The summed E-state index contributed by atoms with van der Waals surface area (Å²) in [7, 11) is 0. The second-order valence-corrected chi connectivity index (χ2v) is 13.2. The largest absolute Gasteiger partial charge is 0.321 e. The molecule has 48 heavy (non-hydrogen) atoms. The van der Waals surface area contributed by atoms with E-state index in [9.17, 15) is 24.5 Å². The van der Waals surface area contributed by atoms with Crippen LogP contribution in [0.1, 0.15) is 22.8 Å². The van der Waals surface area contributed by atoms with Gasteiger partial charge in [0.05, 0.1) is 25.9 Å². The third-order valence-electron chi connectivity index (χ3n) is 6.69. The molecule has 3 amide bonds. The van der Waals surface area contributed by atoms with Crippen LogP contribution in [0.15, 0.2) is 113 Å². The number of carbonyl (C=O) groups is 3. The number of nitrogens with one attached hydrogen (secondary N) is 3. The smallest absolute Gasteiger partial charge is 0.272 e. The molecule has 3 N–H and O–H groups in total. The summed E-state index contributed by atoms with van der Waals surface area (Å²) >= 11 is 14.7. The maximum atomic E-state index is 13.3. The molecule has 5 rings (SSSR count). The Kier molecular flexibility index (Phi) is 11.2. The van der Waals surface area contributed by atoms with Crippen LogP contribution in [0.3, 0.4) is 0 Å². The minimum atomic E-state index is -0.602. The van der Waals surface area contributed by atoms with Crippen LogP contribution in [-0.4, -0.2) is 32.9 Å². The highest BCUT2D eigenvalue weighted by atomic mass is 35.5. The number of thiazole rings is 1. The Morgan fingerprint density at radius 3 is 2.29 bits per heavy atom. The lowest BCUT2D eigenvalue weighted by atomic mass is 10.1. The van der Waals surface area contributed by atoms with Gasteiger partial charge in [-0.3, -0.25) is 24.5 Å². The van der Waals surface area contributed by atoms with Gasteiger partial charge in [0.2, 0.25) is 5.91 Å². The lowest BCUT2D eigenvalue weighted by Gasteiger charge is -2.13. The normalized spacial score (nSPS) is 11.8. The Morgan fingerprint density at radius 1 is 0.917 bits per heavy atom. The molecule has 0 aliphatic heterocycles. The SMILES string of the molecule is CC(Sc1ccc(NC(=O)/C(=C/c2ccc([N+](=O)[O-])cc2)NC(=O)c2ccccc2)cc1)C(=O)Nc1nc(-c2ccc(Cl)c(Cl)c2)cs1. The Hall–Kier alpha value is -5.01. The number of non-ortho nitro benzene ring substituents is 1. The van der Waals surface area contributed by atoms with Crippen molar-refractivity contribution < 1.29 is 19.3 Å². The molecule has 5 aromatic rings. The molecule has 1 atom stereocenters. The van der Waals surface area contributed by atoms with Crippen molar-refractivity contribution in [3.8, 4) is 11.3 Å². The minimum absolute atomic E-state index is 0.0639. The average molecular weight is 719 g/mol. The molecule has 0 saturated carbocycles. The van der Waals surface area contributed by atoms with Gasteiger partial charge in [-0.05, 0) is 79.2 Å². The summed E-state index contributed by atoms with van der Waals surface area (Å²) in [5.41, 5.74) is 2.55. The summed E-state index contributed by atoms with van der Waals surface area (Å²) < 4.78 is 0. The fraction of sp³-hybridized carbons (Fsp3) is 0.0588. The first kappa shape index (κ1) is 34.3. The zero-order valence-electron chi connectivity index (χ0n) is 25.0. The molecule has 0 aliphatic rings. The van der Waals surface area contributed by atoms with E-state index in [4.69, 9.17) is 23.2 Å². The van der Waals surface area contributed by atoms with Crippen molar-refractivity contribution in [1.29, 1.82) is 0 Å². The molecule has 1 heterocycles. The molecule has 0 fully saturated rings. The Bertz CT molecular complexity index is 2000. The number of halogens is 2. The monoisotopic (exact) mass is 717 g/mol. The first-order valence-electron chi connectivity index (χ1n) is 14.2. The number of thioether (sulfide) groups is 1. The molecule has 0 bridgehead atoms. The van der Waals surface area contributed by atoms with Crippen molar-refractivity contribution in [2.75, 3.05) is 10.6 Å². The number of nitro groups is 1. The molecule has 14 heteroatoms. The second-order valence-electron chi connectivity index (χ2n) is 10.1. The van der Waals surface area contributed by atoms with Crippen LogP contribution < -0.4 is 16.0 Å². The van der Waals surface area contributed by atoms with E-state index < -0.39 is 22.0 Å². The zero-order chi connectivity index (χ0) is 34.2. The lowest BCUT2D eigenvalue weighted by Crippen LogP contribution is -2.30.